The SMILES string of the molecule is CCCCCCCCCCC[C@@H](C)CCCC. The summed E-state index contributed by atoms with van der Waals surface area (Å²) in [7, 11) is 0. The molecule has 104 valence electrons. The molecule has 0 saturated heterocycles. The van der Waals surface area contributed by atoms with Crippen molar-refractivity contribution in [2.45, 2.75) is 104 Å². The van der Waals surface area contributed by atoms with Gasteiger partial charge in [-0.05, 0) is 5.92 Å². The summed E-state index contributed by atoms with van der Waals surface area (Å²) in [5.74, 6) is 0.972. The van der Waals surface area contributed by atoms with E-state index in [2.05, 4.69) is 20.8 Å². The van der Waals surface area contributed by atoms with Crippen LogP contribution in [0.25, 0.3) is 0 Å². The van der Waals surface area contributed by atoms with Crippen LogP contribution in [-0.4, -0.2) is 0 Å². The Labute approximate surface area is 111 Å². The molecule has 0 N–H and O–H groups in total. The lowest BCUT2D eigenvalue weighted by Crippen LogP contribution is -1.94. The zero-order chi connectivity index (χ0) is 12.8. The van der Waals surface area contributed by atoms with Crippen LogP contribution in [0.1, 0.15) is 104 Å². The van der Waals surface area contributed by atoms with E-state index >= 15 is 0 Å². The number of hydrogen-bond donors (Lipinski definition) is 0. The van der Waals surface area contributed by atoms with Crippen molar-refractivity contribution in [3.63, 3.8) is 0 Å². The average molecular weight is 240 g/mol. The monoisotopic (exact) mass is 240 g/mol. The minimum Gasteiger partial charge on any atom is -0.0654 e. The third-order valence-electron chi connectivity index (χ3n) is 3.85. The van der Waals surface area contributed by atoms with Crippen molar-refractivity contribution in [3.8, 4) is 0 Å². The second kappa shape index (κ2) is 14.1. The summed E-state index contributed by atoms with van der Waals surface area (Å²) >= 11 is 0. The van der Waals surface area contributed by atoms with Gasteiger partial charge < -0.3 is 0 Å². The fourth-order valence-corrected chi connectivity index (χ4v) is 2.50. The van der Waals surface area contributed by atoms with Gasteiger partial charge in [0.2, 0.25) is 0 Å². The Balaban J connectivity index is 3.02. The first-order valence-electron chi connectivity index (χ1n) is 8.31. The summed E-state index contributed by atoms with van der Waals surface area (Å²) in [6, 6.07) is 0. The van der Waals surface area contributed by atoms with E-state index < -0.39 is 0 Å². The van der Waals surface area contributed by atoms with Crippen LogP contribution in [0, 0.1) is 5.92 Å². The second-order valence-corrected chi connectivity index (χ2v) is 5.86. The molecule has 0 aliphatic heterocycles. The lowest BCUT2D eigenvalue weighted by atomic mass is 9.97. The second-order valence-electron chi connectivity index (χ2n) is 5.86. The first-order chi connectivity index (χ1) is 8.31. The highest BCUT2D eigenvalue weighted by Crippen LogP contribution is 2.17. The topological polar surface area (TPSA) is 0 Å². The van der Waals surface area contributed by atoms with Crippen LogP contribution in [-0.2, 0) is 0 Å². The average Bonchev–Trinajstić information content (AvgIpc) is 2.34. The van der Waals surface area contributed by atoms with Crippen LogP contribution in [0.3, 0.4) is 0 Å². The Morgan fingerprint density at radius 2 is 0.941 bits per heavy atom. The summed E-state index contributed by atoms with van der Waals surface area (Å²) in [4.78, 5) is 0. The van der Waals surface area contributed by atoms with Crippen molar-refractivity contribution >= 4 is 0 Å². The molecule has 0 fully saturated rings. The minimum absolute atomic E-state index is 0.972. The van der Waals surface area contributed by atoms with E-state index in [1.54, 1.807) is 0 Å². The summed E-state index contributed by atoms with van der Waals surface area (Å²) in [5, 5.41) is 0. The van der Waals surface area contributed by atoms with Gasteiger partial charge in [0.25, 0.3) is 0 Å². The first kappa shape index (κ1) is 17.0. The summed E-state index contributed by atoms with van der Waals surface area (Å²) in [5.41, 5.74) is 0. The molecular formula is C17H36. The molecule has 0 bridgehead atoms. The number of rotatable bonds is 13. The fourth-order valence-electron chi connectivity index (χ4n) is 2.50. The normalized spacial score (nSPS) is 12.9. The first-order valence-corrected chi connectivity index (χ1v) is 8.31. The third-order valence-corrected chi connectivity index (χ3v) is 3.85. The molecule has 0 saturated carbocycles. The largest absolute Gasteiger partial charge is 0.0654 e. The highest BCUT2D eigenvalue weighted by molar-refractivity contribution is 4.54. The van der Waals surface area contributed by atoms with Crippen LogP contribution in [0.5, 0.6) is 0 Å². The molecule has 0 aromatic heterocycles. The molecule has 0 aromatic carbocycles. The predicted molar refractivity (Wildman–Crippen MR) is 80.5 cm³/mol. The van der Waals surface area contributed by atoms with E-state index in [9.17, 15) is 0 Å². The fraction of sp³-hybridized carbons (Fsp3) is 1.00. The molecule has 0 heteroatoms. The quantitative estimate of drug-likeness (QED) is 0.313. The van der Waals surface area contributed by atoms with E-state index in [0.29, 0.717) is 0 Å². The molecule has 1 atom stereocenters. The molecule has 0 rings (SSSR count). The van der Waals surface area contributed by atoms with E-state index in [0.717, 1.165) is 5.92 Å². The lowest BCUT2D eigenvalue weighted by molar-refractivity contribution is 0.440. The van der Waals surface area contributed by atoms with Gasteiger partial charge in [-0.2, -0.15) is 0 Å². The number of hydrogen-bond acceptors (Lipinski definition) is 0. The smallest absolute Gasteiger partial charge is 0.0443 e. The molecule has 0 heterocycles. The molecule has 0 amide bonds. The van der Waals surface area contributed by atoms with Gasteiger partial charge in [0.15, 0.2) is 0 Å². The summed E-state index contributed by atoms with van der Waals surface area (Å²) < 4.78 is 0. The Morgan fingerprint density at radius 3 is 1.47 bits per heavy atom. The molecule has 0 aromatic rings. The maximum absolute atomic E-state index is 2.43. The Morgan fingerprint density at radius 1 is 0.529 bits per heavy atom. The van der Waals surface area contributed by atoms with Crippen molar-refractivity contribution in [2.24, 2.45) is 5.92 Å². The van der Waals surface area contributed by atoms with Crippen molar-refractivity contribution in [1.29, 1.82) is 0 Å². The minimum atomic E-state index is 0.972. The molecule has 0 unspecified atom stereocenters. The van der Waals surface area contributed by atoms with Crippen LogP contribution >= 0.6 is 0 Å². The van der Waals surface area contributed by atoms with E-state index in [4.69, 9.17) is 0 Å². The highest BCUT2D eigenvalue weighted by Gasteiger charge is 2.00. The van der Waals surface area contributed by atoms with Gasteiger partial charge in [-0.3, -0.25) is 0 Å². The van der Waals surface area contributed by atoms with Gasteiger partial charge >= 0.3 is 0 Å². The zero-order valence-corrected chi connectivity index (χ0v) is 12.8. The molecule has 0 aliphatic carbocycles. The molecule has 0 spiro atoms. The van der Waals surface area contributed by atoms with Crippen molar-refractivity contribution in [2.75, 3.05) is 0 Å². The van der Waals surface area contributed by atoms with Crippen LogP contribution in [0.4, 0.5) is 0 Å². The lowest BCUT2D eigenvalue weighted by Gasteiger charge is -2.10. The summed E-state index contributed by atoms with van der Waals surface area (Å²) in [6.45, 7) is 7.02. The molecule has 17 heavy (non-hydrogen) atoms. The number of unbranched alkanes of at least 4 members (excludes halogenated alkanes) is 9. The molecule has 0 nitrogen and oxygen atoms in total. The Kier molecular flexibility index (Phi) is 14.1. The maximum atomic E-state index is 2.43. The van der Waals surface area contributed by atoms with Gasteiger partial charge in [-0.15, -0.1) is 0 Å². The van der Waals surface area contributed by atoms with Gasteiger partial charge in [0.05, 0.1) is 0 Å². The zero-order valence-electron chi connectivity index (χ0n) is 12.8. The van der Waals surface area contributed by atoms with Crippen molar-refractivity contribution in [3.05, 3.63) is 0 Å². The van der Waals surface area contributed by atoms with Gasteiger partial charge in [0, 0.05) is 0 Å². The predicted octanol–water partition coefficient (Wildman–Crippen LogP) is 6.73. The molecular weight excluding hydrogens is 204 g/mol. The highest BCUT2D eigenvalue weighted by atomic mass is 14.1. The van der Waals surface area contributed by atoms with Gasteiger partial charge in [-0.25, -0.2) is 0 Å². The van der Waals surface area contributed by atoms with E-state index in [1.165, 1.54) is 83.5 Å². The molecule has 0 aliphatic rings. The standard InChI is InChI=1S/C17H36/c1-4-6-8-9-10-11-12-13-14-16-17(3)15-7-5-2/h17H,4-16H2,1-3H3/t17-/m0/s1. The van der Waals surface area contributed by atoms with E-state index in [1.807, 2.05) is 0 Å². The maximum Gasteiger partial charge on any atom is -0.0443 e. The van der Waals surface area contributed by atoms with Crippen molar-refractivity contribution in [1.82, 2.24) is 0 Å². The summed E-state index contributed by atoms with van der Waals surface area (Å²) in [6.07, 6.45) is 18.8. The third kappa shape index (κ3) is 13.9. The van der Waals surface area contributed by atoms with Crippen LogP contribution < -0.4 is 0 Å². The van der Waals surface area contributed by atoms with Crippen LogP contribution in [0.15, 0.2) is 0 Å². The van der Waals surface area contributed by atoms with Gasteiger partial charge in [-0.1, -0.05) is 104 Å². The molecule has 0 radical (unpaired) electrons. The van der Waals surface area contributed by atoms with E-state index in [-0.39, 0.29) is 0 Å². The Hall–Kier alpha value is 0. The Bertz CT molecular complexity index is 128. The van der Waals surface area contributed by atoms with Gasteiger partial charge in [0.1, 0.15) is 0 Å². The van der Waals surface area contributed by atoms with Crippen molar-refractivity contribution < 1.29 is 0 Å². The van der Waals surface area contributed by atoms with Crippen LogP contribution in [0.2, 0.25) is 0 Å².